The summed E-state index contributed by atoms with van der Waals surface area (Å²) in [7, 11) is 0. The zero-order chi connectivity index (χ0) is 12.1. The van der Waals surface area contributed by atoms with E-state index in [2.05, 4.69) is 5.10 Å². The molecule has 0 saturated heterocycles. The van der Waals surface area contributed by atoms with E-state index < -0.39 is 0 Å². The molecule has 1 rings (SSSR count). The highest BCUT2D eigenvalue weighted by Gasteiger charge is 2.19. The summed E-state index contributed by atoms with van der Waals surface area (Å²) < 4.78 is 1.68. The van der Waals surface area contributed by atoms with E-state index in [4.69, 9.17) is 11.6 Å². The van der Waals surface area contributed by atoms with Crippen LogP contribution in [0.25, 0.3) is 0 Å². The normalized spacial score (nSPS) is 11.9. The van der Waals surface area contributed by atoms with Crippen molar-refractivity contribution in [2.24, 2.45) is 0 Å². The zero-order valence-corrected chi connectivity index (χ0v) is 10.7. The Morgan fingerprint density at radius 1 is 1.56 bits per heavy atom. The standard InChI is InChI=1S/C12H17ClN2O/c1-4-7-15-11(10(13)8-14-15)12(16)9(5-2)6-3/h5,8H,4,6-7H2,1-3H3. The van der Waals surface area contributed by atoms with Crippen molar-refractivity contribution in [1.82, 2.24) is 9.78 Å². The first-order chi connectivity index (χ1) is 7.65. The van der Waals surface area contributed by atoms with Crippen molar-refractivity contribution in [3.8, 4) is 0 Å². The number of allylic oxidation sites excluding steroid dienone is 2. The minimum atomic E-state index is -0.0130. The zero-order valence-electron chi connectivity index (χ0n) is 9.96. The number of carbonyl (C=O) groups is 1. The lowest BCUT2D eigenvalue weighted by molar-refractivity contribution is 0.102. The summed E-state index contributed by atoms with van der Waals surface area (Å²) in [4.78, 5) is 12.2. The molecule has 88 valence electrons. The summed E-state index contributed by atoms with van der Waals surface area (Å²) >= 11 is 6.00. The van der Waals surface area contributed by atoms with Crippen LogP contribution in [0.3, 0.4) is 0 Å². The number of ketones is 1. The van der Waals surface area contributed by atoms with Crippen LogP contribution in [0.2, 0.25) is 5.02 Å². The Morgan fingerprint density at radius 3 is 2.75 bits per heavy atom. The van der Waals surface area contributed by atoms with Crippen LogP contribution in [0.15, 0.2) is 17.8 Å². The molecule has 0 N–H and O–H groups in total. The second-order valence-corrected chi connectivity index (χ2v) is 3.97. The van der Waals surface area contributed by atoms with Gasteiger partial charge < -0.3 is 0 Å². The van der Waals surface area contributed by atoms with Gasteiger partial charge in [-0.1, -0.05) is 31.5 Å². The second-order valence-electron chi connectivity index (χ2n) is 3.56. The van der Waals surface area contributed by atoms with E-state index in [1.54, 1.807) is 4.68 Å². The smallest absolute Gasteiger partial charge is 0.208 e. The minimum Gasteiger partial charge on any atom is -0.287 e. The highest BCUT2D eigenvalue weighted by Crippen LogP contribution is 2.20. The average Bonchev–Trinajstić information content (AvgIpc) is 2.62. The van der Waals surface area contributed by atoms with Crippen molar-refractivity contribution < 1.29 is 4.79 Å². The lowest BCUT2D eigenvalue weighted by atomic mass is 10.1. The van der Waals surface area contributed by atoms with Crippen molar-refractivity contribution in [2.75, 3.05) is 0 Å². The molecule has 0 saturated carbocycles. The van der Waals surface area contributed by atoms with Crippen molar-refractivity contribution in [3.63, 3.8) is 0 Å². The Bertz CT molecular complexity index is 407. The molecular formula is C12H17ClN2O. The van der Waals surface area contributed by atoms with Gasteiger partial charge in [0.15, 0.2) is 0 Å². The van der Waals surface area contributed by atoms with E-state index in [9.17, 15) is 4.79 Å². The third-order valence-electron chi connectivity index (χ3n) is 2.47. The van der Waals surface area contributed by atoms with E-state index in [-0.39, 0.29) is 5.78 Å². The number of hydrogen-bond acceptors (Lipinski definition) is 2. The summed E-state index contributed by atoms with van der Waals surface area (Å²) in [6.45, 7) is 6.58. The van der Waals surface area contributed by atoms with Gasteiger partial charge in [-0.2, -0.15) is 5.10 Å². The molecule has 1 aromatic heterocycles. The predicted octanol–water partition coefficient (Wildman–Crippen LogP) is 3.49. The number of carbonyl (C=O) groups excluding carboxylic acids is 1. The van der Waals surface area contributed by atoms with E-state index in [1.165, 1.54) is 6.20 Å². The molecule has 0 aromatic carbocycles. The summed E-state index contributed by atoms with van der Waals surface area (Å²) in [6, 6.07) is 0. The first-order valence-corrected chi connectivity index (χ1v) is 5.94. The van der Waals surface area contributed by atoms with E-state index in [0.717, 1.165) is 12.0 Å². The molecule has 0 aliphatic heterocycles. The summed E-state index contributed by atoms with van der Waals surface area (Å²) in [5.41, 5.74) is 1.29. The molecule has 0 radical (unpaired) electrons. The van der Waals surface area contributed by atoms with Crippen LogP contribution in [-0.2, 0) is 6.54 Å². The number of nitrogens with zero attached hydrogens (tertiary/aromatic N) is 2. The number of aryl methyl sites for hydroxylation is 1. The van der Waals surface area contributed by atoms with Gasteiger partial charge in [0.25, 0.3) is 0 Å². The van der Waals surface area contributed by atoms with Gasteiger partial charge in [-0.05, 0) is 25.3 Å². The van der Waals surface area contributed by atoms with Gasteiger partial charge in [-0.3, -0.25) is 9.48 Å². The lowest BCUT2D eigenvalue weighted by Gasteiger charge is -2.07. The fraction of sp³-hybridized carbons (Fsp3) is 0.500. The lowest BCUT2D eigenvalue weighted by Crippen LogP contribution is -2.12. The molecular weight excluding hydrogens is 224 g/mol. The Kier molecular flexibility index (Phi) is 4.74. The quantitative estimate of drug-likeness (QED) is 0.583. The number of halogens is 1. The van der Waals surface area contributed by atoms with Gasteiger partial charge in [0.2, 0.25) is 5.78 Å². The largest absolute Gasteiger partial charge is 0.287 e. The monoisotopic (exact) mass is 240 g/mol. The maximum Gasteiger partial charge on any atom is 0.208 e. The Hall–Kier alpha value is -1.09. The van der Waals surface area contributed by atoms with Crippen LogP contribution in [0.4, 0.5) is 0 Å². The molecule has 0 unspecified atom stereocenters. The third kappa shape index (κ3) is 2.53. The van der Waals surface area contributed by atoms with Gasteiger partial charge in [-0.25, -0.2) is 0 Å². The highest BCUT2D eigenvalue weighted by molar-refractivity contribution is 6.34. The SMILES string of the molecule is CC=C(CC)C(=O)c1c(Cl)cnn1CCC. The molecule has 0 aliphatic rings. The van der Waals surface area contributed by atoms with Crippen molar-refractivity contribution in [3.05, 3.63) is 28.6 Å². The molecule has 0 fully saturated rings. The van der Waals surface area contributed by atoms with Crippen molar-refractivity contribution in [1.29, 1.82) is 0 Å². The highest BCUT2D eigenvalue weighted by atomic mass is 35.5. The van der Waals surface area contributed by atoms with E-state index in [0.29, 0.717) is 23.7 Å². The van der Waals surface area contributed by atoms with Gasteiger partial charge in [0.05, 0.1) is 11.2 Å². The molecule has 0 amide bonds. The molecule has 3 nitrogen and oxygen atoms in total. The van der Waals surface area contributed by atoms with E-state index in [1.807, 2.05) is 26.8 Å². The fourth-order valence-electron chi connectivity index (χ4n) is 1.62. The average molecular weight is 241 g/mol. The molecule has 0 bridgehead atoms. The van der Waals surface area contributed by atoms with Gasteiger partial charge >= 0.3 is 0 Å². The van der Waals surface area contributed by atoms with Crippen LogP contribution in [0.1, 0.15) is 44.1 Å². The molecule has 1 heterocycles. The topological polar surface area (TPSA) is 34.9 Å². The number of rotatable bonds is 5. The van der Waals surface area contributed by atoms with Crippen LogP contribution < -0.4 is 0 Å². The molecule has 0 atom stereocenters. The molecule has 4 heteroatoms. The summed E-state index contributed by atoms with van der Waals surface area (Å²) in [5, 5.41) is 4.55. The number of aromatic nitrogens is 2. The predicted molar refractivity (Wildman–Crippen MR) is 65.9 cm³/mol. The number of Topliss-reactive ketones (excluding diaryl/α,β-unsaturated/α-hetero) is 1. The second kappa shape index (κ2) is 5.85. The van der Waals surface area contributed by atoms with Gasteiger partial charge in [0, 0.05) is 6.54 Å². The summed E-state index contributed by atoms with van der Waals surface area (Å²) in [5.74, 6) is -0.0130. The third-order valence-corrected chi connectivity index (χ3v) is 2.74. The maximum absolute atomic E-state index is 12.2. The van der Waals surface area contributed by atoms with Crippen LogP contribution in [-0.4, -0.2) is 15.6 Å². The van der Waals surface area contributed by atoms with Crippen LogP contribution >= 0.6 is 11.6 Å². The van der Waals surface area contributed by atoms with Crippen LogP contribution in [0.5, 0.6) is 0 Å². The van der Waals surface area contributed by atoms with Crippen molar-refractivity contribution in [2.45, 2.75) is 40.2 Å². The summed E-state index contributed by atoms with van der Waals surface area (Å²) in [6.07, 6.45) is 5.01. The molecule has 0 aliphatic carbocycles. The molecule has 16 heavy (non-hydrogen) atoms. The van der Waals surface area contributed by atoms with E-state index >= 15 is 0 Å². The first kappa shape index (κ1) is 13.0. The first-order valence-electron chi connectivity index (χ1n) is 5.56. The van der Waals surface area contributed by atoms with Gasteiger partial charge in [-0.15, -0.1) is 0 Å². The molecule has 1 aromatic rings. The minimum absolute atomic E-state index is 0.0130. The van der Waals surface area contributed by atoms with Crippen molar-refractivity contribution >= 4 is 17.4 Å². The Morgan fingerprint density at radius 2 is 2.25 bits per heavy atom. The Balaban J connectivity index is 3.11. The molecule has 0 spiro atoms. The maximum atomic E-state index is 12.2. The van der Waals surface area contributed by atoms with Gasteiger partial charge in [0.1, 0.15) is 5.69 Å². The Labute approximate surface area is 101 Å². The fourth-order valence-corrected chi connectivity index (χ4v) is 1.84. The number of hydrogen-bond donors (Lipinski definition) is 0. The van der Waals surface area contributed by atoms with Crippen LogP contribution in [0, 0.1) is 0 Å².